The Morgan fingerprint density at radius 1 is 0.243 bits per heavy atom. The van der Waals surface area contributed by atoms with E-state index in [1.54, 1.807) is 11.1 Å². The van der Waals surface area contributed by atoms with Crippen LogP contribution in [0.1, 0.15) is 153 Å². The Labute approximate surface area is 441 Å². The van der Waals surface area contributed by atoms with Crippen molar-refractivity contribution in [3.05, 3.63) is 204 Å². The number of unbranched alkanes of at least 4 members (excludes halogenated alkanes) is 8. The zero-order valence-corrected chi connectivity index (χ0v) is 44.6. The zero-order valence-electron chi connectivity index (χ0n) is 44.6. The number of rotatable bonds is 19. The Bertz CT molecular complexity index is 3560. The van der Waals surface area contributed by atoms with Crippen LogP contribution >= 0.6 is 0 Å². The van der Waals surface area contributed by atoms with Crippen LogP contribution in [0.25, 0.3) is 98.7 Å². The average Bonchev–Trinajstić information content (AvgIpc) is 3.92. The van der Waals surface area contributed by atoms with E-state index in [9.17, 15) is 0 Å². The number of hydrogen-bond acceptors (Lipinski definition) is 0. The van der Waals surface area contributed by atoms with Crippen molar-refractivity contribution in [1.29, 1.82) is 0 Å². The van der Waals surface area contributed by atoms with Crippen molar-refractivity contribution in [2.75, 3.05) is 0 Å². The summed E-state index contributed by atoms with van der Waals surface area (Å²) in [6.07, 6.45) is 19.9. The first kappa shape index (κ1) is 48.2. The third kappa shape index (κ3) is 7.85. The van der Waals surface area contributed by atoms with Gasteiger partial charge in [0.1, 0.15) is 0 Å². The fourth-order valence-electron chi connectivity index (χ4n) is 14.6. The van der Waals surface area contributed by atoms with Crippen molar-refractivity contribution in [1.82, 2.24) is 0 Å². The maximum Gasteiger partial charge on any atom is 0.0215 e. The molecule has 0 spiro atoms. The van der Waals surface area contributed by atoms with E-state index in [2.05, 4.69) is 210 Å². The molecule has 0 heteroatoms. The molecule has 0 atom stereocenters. The van der Waals surface area contributed by atoms with E-state index in [1.807, 2.05) is 0 Å². The molecule has 0 heterocycles. The minimum absolute atomic E-state index is 0.0177. The second-order valence-corrected chi connectivity index (χ2v) is 22.3. The van der Waals surface area contributed by atoms with Gasteiger partial charge in [0.2, 0.25) is 0 Å². The molecule has 12 rings (SSSR count). The SMILES string of the molecule is CCCCCCC1(CCCCCC)c2ccccc2-c2ccc(-c3c4ccccc4c(-c4c5ccccc5c(-c5ccc6c(c5)C(CCCC)(CCCC)c5ccccc5-6)c5ccccc45)c4ccccc34)cc21. The maximum atomic E-state index is 2.66. The van der Waals surface area contributed by atoms with Crippen LogP contribution in [-0.2, 0) is 10.8 Å². The lowest BCUT2D eigenvalue weighted by molar-refractivity contribution is 0.401. The Kier molecular flexibility index (Phi) is 13.4. The van der Waals surface area contributed by atoms with Gasteiger partial charge in [0, 0.05) is 10.8 Å². The molecule has 0 amide bonds. The van der Waals surface area contributed by atoms with Gasteiger partial charge < -0.3 is 0 Å². The highest BCUT2D eigenvalue weighted by Crippen LogP contribution is 2.58. The smallest absolute Gasteiger partial charge is 0.0215 e. The molecule has 0 aliphatic heterocycles. The van der Waals surface area contributed by atoms with Crippen molar-refractivity contribution < 1.29 is 0 Å². The van der Waals surface area contributed by atoms with Crippen molar-refractivity contribution in [2.24, 2.45) is 0 Å². The Balaban J connectivity index is 1.08. The second-order valence-electron chi connectivity index (χ2n) is 22.3. The van der Waals surface area contributed by atoms with Gasteiger partial charge in [-0.1, -0.05) is 275 Å². The molecule has 0 saturated heterocycles. The third-order valence-electron chi connectivity index (χ3n) is 18.1. The molecule has 0 unspecified atom stereocenters. The largest absolute Gasteiger partial charge is 0.0654 e. The average molecular weight is 963 g/mol. The van der Waals surface area contributed by atoms with Crippen LogP contribution in [0.5, 0.6) is 0 Å². The van der Waals surface area contributed by atoms with Crippen LogP contribution in [0.2, 0.25) is 0 Å². The summed E-state index contributed by atoms with van der Waals surface area (Å²) in [5.41, 5.74) is 20.0. The number of benzene rings is 10. The Hall–Kier alpha value is -6.76. The van der Waals surface area contributed by atoms with Crippen LogP contribution < -0.4 is 0 Å². The van der Waals surface area contributed by atoms with Crippen molar-refractivity contribution in [3.8, 4) is 55.6 Å². The van der Waals surface area contributed by atoms with E-state index in [0.717, 1.165) is 0 Å². The van der Waals surface area contributed by atoms with Gasteiger partial charge >= 0.3 is 0 Å². The highest BCUT2D eigenvalue weighted by molar-refractivity contribution is 6.30. The summed E-state index contributed by atoms with van der Waals surface area (Å²) in [4.78, 5) is 0. The van der Waals surface area contributed by atoms with Crippen LogP contribution in [0, 0.1) is 0 Å². The summed E-state index contributed by atoms with van der Waals surface area (Å²) in [7, 11) is 0. The van der Waals surface area contributed by atoms with Crippen LogP contribution in [0.3, 0.4) is 0 Å². The highest BCUT2D eigenvalue weighted by Gasteiger charge is 2.44. The first-order chi connectivity index (χ1) is 36.6. The predicted molar refractivity (Wildman–Crippen MR) is 322 cm³/mol. The molecule has 10 aromatic rings. The first-order valence-electron chi connectivity index (χ1n) is 28.9. The van der Waals surface area contributed by atoms with Gasteiger partial charge in [-0.3, -0.25) is 0 Å². The van der Waals surface area contributed by atoms with Crippen molar-refractivity contribution in [3.63, 3.8) is 0 Å². The van der Waals surface area contributed by atoms with Crippen LogP contribution in [-0.4, -0.2) is 0 Å². The fraction of sp³-hybridized carbons (Fsp3) is 0.297. The van der Waals surface area contributed by atoms with E-state index in [-0.39, 0.29) is 10.8 Å². The minimum Gasteiger partial charge on any atom is -0.0654 e. The van der Waals surface area contributed by atoms with E-state index in [1.165, 1.54) is 213 Å². The molecule has 0 fully saturated rings. The summed E-state index contributed by atoms with van der Waals surface area (Å²) < 4.78 is 0. The lowest BCUT2D eigenvalue weighted by Crippen LogP contribution is -2.25. The van der Waals surface area contributed by atoms with Gasteiger partial charge in [0.25, 0.3) is 0 Å². The topological polar surface area (TPSA) is 0 Å². The van der Waals surface area contributed by atoms with Gasteiger partial charge in [0.05, 0.1) is 0 Å². The molecule has 10 aromatic carbocycles. The third-order valence-corrected chi connectivity index (χ3v) is 18.1. The highest BCUT2D eigenvalue weighted by atomic mass is 14.5. The molecule has 0 N–H and O–H groups in total. The lowest BCUT2D eigenvalue weighted by atomic mass is 9.70. The molecule has 0 nitrogen and oxygen atoms in total. The molecular weight excluding hydrogens is 889 g/mol. The van der Waals surface area contributed by atoms with Crippen molar-refractivity contribution >= 4 is 43.1 Å². The van der Waals surface area contributed by atoms with E-state index < -0.39 is 0 Å². The van der Waals surface area contributed by atoms with Crippen LogP contribution in [0.4, 0.5) is 0 Å². The van der Waals surface area contributed by atoms with Crippen molar-refractivity contribution in [2.45, 2.75) is 141 Å². The second kappa shape index (κ2) is 20.5. The summed E-state index contributed by atoms with van der Waals surface area (Å²) >= 11 is 0. The van der Waals surface area contributed by atoms with Crippen LogP contribution in [0.15, 0.2) is 182 Å². The summed E-state index contributed by atoms with van der Waals surface area (Å²) in [6.45, 7) is 9.39. The summed E-state index contributed by atoms with van der Waals surface area (Å²) in [6, 6.07) is 71.4. The van der Waals surface area contributed by atoms with Gasteiger partial charge in [-0.15, -0.1) is 0 Å². The quantitative estimate of drug-likeness (QED) is 0.0560. The molecule has 0 radical (unpaired) electrons. The van der Waals surface area contributed by atoms with E-state index in [0.29, 0.717) is 0 Å². The molecule has 0 aromatic heterocycles. The van der Waals surface area contributed by atoms with Gasteiger partial charge in [-0.2, -0.15) is 0 Å². The fourth-order valence-corrected chi connectivity index (χ4v) is 14.6. The first-order valence-corrected chi connectivity index (χ1v) is 28.9. The van der Waals surface area contributed by atoms with E-state index in [4.69, 9.17) is 0 Å². The normalized spacial score (nSPS) is 13.9. The summed E-state index contributed by atoms with van der Waals surface area (Å²) in [5.74, 6) is 0. The Morgan fingerprint density at radius 2 is 0.527 bits per heavy atom. The zero-order chi connectivity index (χ0) is 50.2. The van der Waals surface area contributed by atoms with Gasteiger partial charge in [-0.05, 0) is 159 Å². The Morgan fingerprint density at radius 3 is 0.865 bits per heavy atom. The molecule has 0 saturated carbocycles. The molecule has 2 aliphatic carbocycles. The molecule has 370 valence electrons. The monoisotopic (exact) mass is 963 g/mol. The lowest BCUT2D eigenvalue weighted by Gasteiger charge is -2.33. The van der Waals surface area contributed by atoms with Gasteiger partial charge in [-0.25, -0.2) is 0 Å². The molecular formula is C74H74. The number of fused-ring (bicyclic) bond motifs is 10. The minimum atomic E-state index is 0.0177. The summed E-state index contributed by atoms with van der Waals surface area (Å²) in [5, 5.41) is 10.5. The standard InChI is InChI=1S/C74H74/c1-5-9-13-27-47-74(48-28-14-10-6-2)66-40-26-24-30-54(66)56-44-42-52(50-68(56)74)70-59-33-17-21-37-63(59)72(64-38-22-18-34-60(64)70)71-61-35-19-15-31-57(61)69(58-32-16-20-36-62(58)71)51-41-43-55-53-29-23-25-39-65(53)73(45-11-7-3,46-12-8-4)67(55)49-51/h15-26,29-44,49-50H,5-14,27-28,45-48H2,1-4H3. The molecule has 0 bridgehead atoms. The number of hydrogen-bond donors (Lipinski definition) is 0. The molecule has 74 heavy (non-hydrogen) atoms. The van der Waals surface area contributed by atoms with Gasteiger partial charge in [0.15, 0.2) is 0 Å². The molecule has 2 aliphatic rings. The predicted octanol–water partition coefficient (Wildman–Crippen LogP) is 22.2. The van der Waals surface area contributed by atoms with E-state index >= 15 is 0 Å². The maximum absolute atomic E-state index is 2.66.